The van der Waals surface area contributed by atoms with E-state index in [1.54, 1.807) is 0 Å². The number of carbonyl (C=O) groups is 2. The van der Waals surface area contributed by atoms with Crippen LogP contribution < -0.4 is 0 Å². The van der Waals surface area contributed by atoms with E-state index < -0.39 is 5.97 Å². The quantitative estimate of drug-likeness (QED) is 0.770. The predicted octanol–water partition coefficient (Wildman–Crippen LogP) is 1.38. The molecule has 0 aliphatic heterocycles. The fourth-order valence-electron chi connectivity index (χ4n) is 0.862. The minimum Gasteiger partial charge on any atom is -0.478 e. The molecule has 0 saturated carbocycles. The van der Waals surface area contributed by atoms with Gasteiger partial charge in [-0.25, -0.2) is 4.79 Å². The van der Waals surface area contributed by atoms with E-state index in [0.717, 1.165) is 0 Å². The van der Waals surface area contributed by atoms with Crippen LogP contribution in [0.15, 0.2) is 16.7 Å². The lowest BCUT2D eigenvalue weighted by Crippen LogP contribution is -2.03. The van der Waals surface area contributed by atoms with Gasteiger partial charge in [-0.1, -0.05) is 0 Å². The minimum atomic E-state index is -1.03. The fourth-order valence-corrected chi connectivity index (χ4v) is 1.60. The summed E-state index contributed by atoms with van der Waals surface area (Å²) in [5.74, 6) is -0.142. The molecule has 15 heavy (non-hydrogen) atoms. The Morgan fingerprint density at radius 2 is 2.33 bits per heavy atom. The molecule has 1 N–H and O–H groups in total. The van der Waals surface area contributed by atoms with E-state index in [1.165, 1.54) is 31.2 Å². The van der Waals surface area contributed by atoms with E-state index in [-0.39, 0.29) is 17.3 Å². The molecule has 0 amide bonds. The van der Waals surface area contributed by atoms with Crippen LogP contribution in [-0.4, -0.2) is 29.9 Å². The first kappa shape index (κ1) is 11.6. The smallest absolute Gasteiger partial charge is 0.338 e. The molecule has 0 atom stereocenters. The highest BCUT2D eigenvalue weighted by atomic mass is 32.2. The predicted molar refractivity (Wildman–Crippen MR) is 53.8 cm³/mol. The van der Waals surface area contributed by atoms with Gasteiger partial charge in [0.2, 0.25) is 0 Å². The van der Waals surface area contributed by atoms with Gasteiger partial charge in [-0.2, -0.15) is 0 Å². The van der Waals surface area contributed by atoms with E-state index in [0.29, 0.717) is 11.5 Å². The normalized spacial score (nSPS) is 9.93. The molecule has 82 valence electrons. The van der Waals surface area contributed by atoms with Crippen molar-refractivity contribution in [3.05, 3.63) is 23.7 Å². The number of rotatable bonds is 5. The van der Waals surface area contributed by atoms with Gasteiger partial charge in [-0.3, -0.25) is 4.79 Å². The van der Waals surface area contributed by atoms with Gasteiger partial charge < -0.3 is 14.3 Å². The molecule has 1 heterocycles. The summed E-state index contributed by atoms with van der Waals surface area (Å²) in [4.78, 5) is 21.2. The monoisotopic (exact) mass is 230 g/mol. The summed E-state index contributed by atoms with van der Waals surface area (Å²) in [5.41, 5.74) is 0.115. The summed E-state index contributed by atoms with van der Waals surface area (Å²) >= 11 is 1.30. The number of hydrogen-bond acceptors (Lipinski definition) is 5. The van der Waals surface area contributed by atoms with Crippen LogP contribution in [0.25, 0.3) is 0 Å². The zero-order valence-corrected chi connectivity index (χ0v) is 8.87. The summed E-state index contributed by atoms with van der Waals surface area (Å²) in [7, 11) is 1.32. The van der Waals surface area contributed by atoms with E-state index >= 15 is 0 Å². The summed E-state index contributed by atoms with van der Waals surface area (Å²) in [6, 6.07) is 1.44. The summed E-state index contributed by atoms with van der Waals surface area (Å²) in [5, 5.41) is 8.61. The third-order valence-corrected chi connectivity index (χ3v) is 2.52. The number of carboxylic acids is 1. The largest absolute Gasteiger partial charge is 0.478 e. The average Bonchev–Trinajstić information content (AvgIpc) is 2.66. The number of carboxylic acid groups (broad SMARTS) is 1. The molecule has 0 saturated heterocycles. The Morgan fingerprint density at radius 3 is 2.87 bits per heavy atom. The average molecular weight is 230 g/mol. The van der Waals surface area contributed by atoms with Crippen molar-refractivity contribution in [3.8, 4) is 0 Å². The molecule has 1 rings (SSSR count). The van der Waals surface area contributed by atoms with Crippen LogP contribution in [0.4, 0.5) is 0 Å². The summed E-state index contributed by atoms with van der Waals surface area (Å²) in [6.45, 7) is 0. The summed E-state index contributed by atoms with van der Waals surface area (Å²) in [6.07, 6.45) is 1.18. The van der Waals surface area contributed by atoms with Crippen LogP contribution >= 0.6 is 11.8 Å². The maximum atomic E-state index is 10.7. The molecule has 0 bridgehead atoms. The molecule has 1 aromatic heterocycles. The van der Waals surface area contributed by atoms with Crippen molar-refractivity contribution >= 4 is 23.7 Å². The van der Waals surface area contributed by atoms with Crippen molar-refractivity contribution in [3.63, 3.8) is 0 Å². The molecule has 0 unspecified atom stereocenters. The van der Waals surface area contributed by atoms with Gasteiger partial charge in [0.15, 0.2) is 0 Å². The van der Waals surface area contributed by atoms with Crippen LogP contribution in [-0.2, 0) is 15.3 Å². The van der Waals surface area contributed by atoms with Gasteiger partial charge in [0.1, 0.15) is 12.0 Å². The van der Waals surface area contributed by atoms with Gasteiger partial charge in [0.25, 0.3) is 0 Å². The Labute approximate surface area is 90.4 Å². The van der Waals surface area contributed by atoms with Crippen molar-refractivity contribution in [2.24, 2.45) is 0 Å². The zero-order valence-electron chi connectivity index (χ0n) is 8.06. The van der Waals surface area contributed by atoms with Gasteiger partial charge in [0, 0.05) is 0 Å². The first-order valence-electron chi connectivity index (χ1n) is 4.08. The zero-order chi connectivity index (χ0) is 11.3. The number of esters is 1. The number of thioether (sulfide) groups is 1. The highest BCUT2D eigenvalue weighted by Gasteiger charge is 2.08. The third kappa shape index (κ3) is 3.67. The molecule has 0 aromatic carbocycles. The topological polar surface area (TPSA) is 76.7 Å². The Kier molecular flexibility index (Phi) is 4.23. The standard InChI is InChI=1S/C9H10O5S/c1-13-8(10)5-15-4-7-2-6(3-14-7)9(11)12/h2-3H,4-5H2,1H3,(H,11,12). The van der Waals surface area contributed by atoms with Crippen LogP contribution in [0, 0.1) is 0 Å². The van der Waals surface area contributed by atoms with Crippen LogP contribution in [0.3, 0.4) is 0 Å². The highest BCUT2D eigenvalue weighted by molar-refractivity contribution is 7.99. The lowest BCUT2D eigenvalue weighted by Gasteiger charge is -1.96. The van der Waals surface area contributed by atoms with E-state index in [2.05, 4.69) is 4.74 Å². The second kappa shape index (κ2) is 5.45. The first-order valence-corrected chi connectivity index (χ1v) is 5.24. The van der Waals surface area contributed by atoms with Crippen LogP contribution in [0.1, 0.15) is 16.1 Å². The van der Waals surface area contributed by atoms with E-state index in [1.807, 2.05) is 0 Å². The Hall–Kier alpha value is -1.43. The Morgan fingerprint density at radius 1 is 1.60 bits per heavy atom. The van der Waals surface area contributed by atoms with Crippen molar-refractivity contribution in [1.29, 1.82) is 0 Å². The van der Waals surface area contributed by atoms with Gasteiger partial charge in [-0.15, -0.1) is 11.8 Å². The molecule has 0 aliphatic rings. The van der Waals surface area contributed by atoms with E-state index in [4.69, 9.17) is 9.52 Å². The number of furan rings is 1. The molecular formula is C9H10O5S. The minimum absolute atomic E-state index is 0.115. The van der Waals surface area contributed by atoms with Crippen molar-refractivity contribution < 1.29 is 23.8 Å². The molecule has 0 aliphatic carbocycles. The lowest BCUT2D eigenvalue weighted by molar-refractivity contribution is -0.137. The highest BCUT2D eigenvalue weighted by Crippen LogP contribution is 2.15. The molecule has 1 aromatic rings. The van der Waals surface area contributed by atoms with Crippen LogP contribution in [0.5, 0.6) is 0 Å². The number of carbonyl (C=O) groups excluding carboxylic acids is 1. The van der Waals surface area contributed by atoms with Gasteiger partial charge in [0.05, 0.1) is 24.2 Å². The Bertz CT molecular complexity index is 357. The maximum absolute atomic E-state index is 10.7. The number of ether oxygens (including phenoxy) is 1. The van der Waals surface area contributed by atoms with Crippen molar-refractivity contribution in [1.82, 2.24) is 0 Å². The van der Waals surface area contributed by atoms with Crippen molar-refractivity contribution in [2.75, 3.05) is 12.9 Å². The maximum Gasteiger partial charge on any atom is 0.338 e. The third-order valence-electron chi connectivity index (χ3n) is 1.59. The number of aromatic carboxylic acids is 1. The lowest BCUT2D eigenvalue weighted by atomic mass is 10.3. The second-order valence-electron chi connectivity index (χ2n) is 2.68. The molecule has 6 heteroatoms. The SMILES string of the molecule is COC(=O)CSCc1cc(C(=O)O)co1. The molecule has 5 nitrogen and oxygen atoms in total. The van der Waals surface area contributed by atoms with Gasteiger partial charge in [-0.05, 0) is 6.07 Å². The number of methoxy groups -OCH3 is 1. The van der Waals surface area contributed by atoms with E-state index in [9.17, 15) is 9.59 Å². The molecule has 0 spiro atoms. The fraction of sp³-hybridized carbons (Fsp3) is 0.333. The van der Waals surface area contributed by atoms with Gasteiger partial charge >= 0.3 is 11.9 Å². The first-order chi connectivity index (χ1) is 7.13. The molecular weight excluding hydrogens is 220 g/mol. The van der Waals surface area contributed by atoms with Crippen molar-refractivity contribution in [2.45, 2.75) is 5.75 Å². The second-order valence-corrected chi connectivity index (χ2v) is 3.66. The number of hydrogen-bond donors (Lipinski definition) is 1. The summed E-state index contributed by atoms with van der Waals surface area (Å²) < 4.78 is 9.43. The molecule has 0 fully saturated rings. The molecule has 0 radical (unpaired) electrons. The van der Waals surface area contributed by atoms with Crippen LogP contribution in [0.2, 0.25) is 0 Å². The Balaban J connectivity index is 2.38.